The number of anilines is 1. The van der Waals surface area contributed by atoms with Crippen molar-refractivity contribution in [2.45, 2.75) is 25.1 Å². The Balaban J connectivity index is 1.51. The van der Waals surface area contributed by atoms with E-state index in [9.17, 15) is 18.0 Å². The molecule has 1 fully saturated rings. The molecule has 1 aliphatic heterocycles. The van der Waals surface area contributed by atoms with Crippen LogP contribution >= 0.6 is 0 Å². The van der Waals surface area contributed by atoms with Crippen molar-refractivity contribution in [3.8, 4) is 5.75 Å². The maximum Gasteiger partial charge on any atom is 0.419 e. The fourth-order valence-corrected chi connectivity index (χ4v) is 2.97. The number of ether oxygens (including phenoxy) is 2. The molecule has 0 spiro atoms. The van der Waals surface area contributed by atoms with Crippen LogP contribution in [0.4, 0.5) is 19.0 Å². The number of hydrogen-bond acceptors (Lipinski definition) is 5. The number of amides is 1. The molecule has 3 rings (SSSR count). The molecule has 9 heteroatoms. The number of carbonyl (C=O) groups is 1. The molecule has 0 saturated carbocycles. The largest absolute Gasteiger partial charge is 0.490 e. The lowest BCUT2D eigenvalue weighted by Gasteiger charge is -2.15. The summed E-state index contributed by atoms with van der Waals surface area (Å²) in [6.07, 6.45) is -1.28. The van der Waals surface area contributed by atoms with E-state index in [2.05, 4.69) is 15.6 Å². The summed E-state index contributed by atoms with van der Waals surface area (Å²) in [6.45, 7) is 1.29. The second-order valence-corrected chi connectivity index (χ2v) is 6.52. The Bertz CT molecular complexity index is 824. The summed E-state index contributed by atoms with van der Waals surface area (Å²) in [4.78, 5) is 16.2. The average molecular weight is 409 g/mol. The van der Waals surface area contributed by atoms with E-state index >= 15 is 0 Å². The van der Waals surface area contributed by atoms with Gasteiger partial charge in [-0.3, -0.25) is 4.79 Å². The summed E-state index contributed by atoms with van der Waals surface area (Å²) in [5, 5.41) is 5.28. The Labute approximate surface area is 166 Å². The van der Waals surface area contributed by atoms with Gasteiger partial charge >= 0.3 is 6.18 Å². The molecule has 1 aromatic heterocycles. The molecule has 1 saturated heterocycles. The zero-order valence-electron chi connectivity index (χ0n) is 15.7. The number of alkyl halides is 3. The van der Waals surface area contributed by atoms with Gasteiger partial charge in [-0.25, -0.2) is 4.98 Å². The van der Waals surface area contributed by atoms with E-state index in [0.717, 1.165) is 25.5 Å². The van der Waals surface area contributed by atoms with Crippen molar-refractivity contribution in [1.82, 2.24) is 10.3 Å². The summed E-state index contributed by atoms with van der Waals surface area (Å²) in [5.41, 5.74) is -0.487. The average Bonchev–Trinajstić information content (AvgIpc) is 3.23. The number of benzene rings is 1. The number of halogens is 3. The zero-order chi connectivity index (χ0) is 20.7. The van der Waals surface area contributed by atoms with Crippen molar-refractivity contribution in [3.63, 3.8) is 0 Å². The Kier molecular flexibility index (Phi) is 6.92. The highest BCUT2D eigenvalue weighted by Gasteiger charge is 2.33. The van der Waals surface area contributed by atoms with Crippen molar-refractivity contribution in [3.05, 3.63) is 53.7 Å². The van der Waals surface area contributed by atoms with E-state index in [1.54, 1.807) is 24.3 Å². The van der Waals surface area contributed by atoms with Crippen LogP contribution in [0.25, 0.3) is 0 Å². The van der Waals surface area contributed by atoms with Gasteiger partial charge in [0.1, 0.15) is 18.2 Å². The van der Waals surface area contributed by atoms with Gasteiger partial charge in [-0.15, -0.1) is 0 Å². The number of nitrogens with zero attached hydrogens (tertiary/aromatic N) is 1. The lowest BCUT2D eigenvalue weighted by atomic mass is 10.2. The van der Waals surface area contributed by atoms with Gasteiger partial charge in [0.05, 0.1) is 17.2 Å². The van der Waals surface area contributed by atoms with Crippen LogP contribution in [0.1, 0.15) is 28.8 Å². The highest BCUT2D eigenvalue weighted by atomic mass is 19.4. The summed E-state index contributed by atoms with van der Waals surface area (Å²) in [5.74, 6) is -0.195. The third-order valence-electron chi connectivity index (χ3n) is 4.40. The van der Waals surface area contributed by atoms with Crippen LogP contribution in [0.5, 0.6) is 5.75 Å². The number of aromatic nitrogens is 1. The summed E-state index contributed by atoms with van der Waals surface area (Å²) >= 11 is 0. The maximum atomic E-state index is 13.0. The van der Waals surface area contributed by atoms with Gasteiger partial charge in [-0.1, -0.05) is 12.1 Å². The Morgan fingerprint density at radius 3 is 2.79 bits per heavy atom. The lowest BCUT2D eigenvalue weighted by Crippen LogP contribution is -2.30. The molecule has 2 heterocycles. The van der Waals surface area contributed by atoms with Crippen molar-refractivity contribution >= 4 is 11.7 Å². The first kappa shape index (κ1) is 20.9. The molecule has 1 aliphatic rings. The monoisotopic (exact) mass is 409 g/mol. The molecule has 1 aromatic carbocycles. The fraction of sp³-hybridized carbons (Fsp3) is 0.400. The van der Waals surface area contributed by atoms with Crippen LogP contribution in [-0.2, 0) is 10.9 Å². The van der Waals surface area contributed by atoms with Crippen molar-refractivity contribution in [2.75, 3.05) is 31.6 Å². The number of rotatable bonds is 8. The Morgan fingerprint density at radius 2 is 2.03 bits per heavy atom. The van der Waals surface area contributed by atoms with E-state index < -0.39 is 11.7 Å². The van der Waals surface area contributed by atoms with E-state index in [0.29, 0.717) is 17.9 Å². The van der Waals surface area contributed by atoms with Crippen LogP contribution in [-0.4, -0.2) is 43.3 Å². The van der Waals surface area contributed by atoms with Crippen LogP contribution in [0, 0.1) is 0 Å². The first-order valence-corrected chi connectivity index (χ1v) is 9.33. The van der Waals surface area contributed by atoms with Crippen LogP contribution < -0.4 is 15.4 Å². The molecular weight excluding hydrogens is 387 g/mol. The normalized spacial score (nSPS) is 16.4. The molecular formula is C20H22F3N3O3. The quantitative estimate of drug-likeness (QED) is 0.653. The van der Waals surface area contributed by atoms with Gasteiger partial charge in [-0.2, -0.15) is 13.2 Å². The molecule has 1 unspecified atom stereocenters. The molecule has 1 amide bonds. The molecule has 6 nitrogen and oxygen atoms in total. The van der Waals surface area contributed by atoms with Gasteiger partial charge in [0.15, 0.2) is 0 Å². The van der Waals surface area contributed by atoms with Crippen LogP contribution in [0.15, 0.2) is 42.6 Å². The van der Waals surface area contributed by atoms with Gasteiger partial charge in [0.2, 0.25) is 0 Å². The van der Waals surface area contributed by atoms with Crippen molar-refractivity contribution in [1.29, 1.82) is 0 Å². The predicted molar refractivity (Wildman–Crippen MR) is 101 cm³/mol. The molecule has 2 aromatic rings. The van der Waals surface area contributed by atoms with E-state index in [4.69, 9.17) is 9.47 Å². The van der Waals surface area contributed by atoms with Crippen LogP contribution in [0.2, 0.25) is 0 Å². The van der Waals surface area contributed by atoms with Gasteiger partial charge in [0, 0.05) is 25.9 Å². The smallest absolute Gasteiger partial charge is 0.419 e. The van der Waals surface area contributed by atoms with E-state index in [1.807, 2.05) is 0 Å². The van der Waals surface area contributed by atoms with Crippen molar-refractivity contribution < 1.29 is 27.4 Å². The summed E-state index contributed by atoms with van der Waals surface area (Å²) in [6, 6.07) is 9.00. The third-order valence-corrected chi connectivity index (χ3v) is 4.40. The maximum absolute atomic E-state index is 13.0. The predicted octanol–water partition coefficient (Wildman–Crippen LogP) is 3.50. The lowest BCUT2D eigenvalue weighted by molar-refractivity contribution is -0.137. The highest BCUT2D eigenvalue weighted by molar-refractivity contribution is 5.96. The first-order chi connectivity index (χ1) is 13.9. The van der Waals surface area contributed by atoms with Gasteiger partial charge in [0.25, 0.3) is 5.91 Å². The minimum absolute atomic E-state index is 0.0246. The number of carbonyl (C=O) groups excluding carboxylic acids is 1. The molecule has 156 valence electrons. The minimum atomic E-state index is -4.50. The molecule has 1 atom stereocenters. The standard InChI is InChI=1S/C20H22F3N3O3/c21-20(22,23)16-7-3-9-24-18(16)25-10-11-26-19(27)15-6-1-2-8-17(15)29-13-14-5-4-12-28-14/h1-3,6-9,14H,4-5,10-13H2,(H,24,25)(H,26,27). The second kappa shape index (κ2) is 9.60. The summed E-state index contributed by atoms with van der Waals surface area (Å²) < 4.78 is 50.1. The number of para-hydroxylation sites is 1. The van der Waals surface area contributed by atoms with Crippen LogP contribution in [0.3, 0.4) is 0 Å². The topological polar surface area (TPSA) is 72.5 Å². The zero-order valence-corrected chi connectivity index (χ0v) is 15.7. The second-order valence-electron chi connectivity index (χ2n) is 6.52. The van der Waals surface area contributed by atoms with Gasteiger partial charge < -0.3 is 20.1 Å². The third kappa shape index (κ3) is 5.83. The van der Waals surface area contributed by atoms with E-state index in [-0.39, 0.29) is 30.9 Å². The highest BCUT2D eigenvalue weighted by Crippen LogP contribution is 2.33. The molecule has 0 bridgehead atoms. The van der Waals surface area contributed by atoms with Gasteiger partial charge in [-0.05, 0) is 37.1 Å². The fourth-order valence-electron chi connectivity index (χ4n) is 2.97. The van der Waals surface area contributed by atoms with E-state index in [1.165, 1.54) is 12.3 Å². The minimum Gasteiger partial charge on any atom is -0.490 e. The summed E-state index contributed by atoms with van der Waals surface area (Å²) in [7, 11) is 0. The molecule has 29 heavy (non-hydrogen) atoms. The first-order valence-electron chi connectivity index (χ1n) is 9.33. The Hall–Kier alpha value is -2.81. The molecule has 0 radical (unpaired) electrons. The van der Waals surface area contributed by atoms with Crippen molar-refractivity contribution in [2.24, 2.45) is 0 Å². The molecule has 2 N–H and O–H groups in total. The number of hydrogen-bond donors (Lipinski definition) is 2. The number of nitrogens with one attached hydrogen (secondary N) is 2. The molecule has 0 aliphatic carbocycles. The Morgan fingerprint density at radius 1 is 1.21 bits per heavy atom. The number of pyridine rings is 1. The SMILES string of the molecule is O=C(NCCNc1ncccc1C(F)(F)F)c1ccccc1OCC1CCCO1.